The Hall–Kier alpha value is -0.120. The summed E-state index contributed by atoms with van der Waals surface area (Å²) in [5.41, 5.74) is 0.404. The van der Waals surface area contributed by atoms with Crippen molar-refractivity contribution < 1.29 is 4.74 Å². The number of piperidine rings is 1. The van der Waals surface area contributed by atoms with Crippen LogP contribution in [0.4, 0.5) is 0 Å². The van der Waals surface area contributed by atoms with Gasteiger partial charge in [-0.3, -0.25) is 4.90 Å². The highest BCUT2D eigenvalue weighted by atomic mass is 16.5. The van der Waals surface area contributed by atoms with Gasteiger partial charge < -0.3 is 10.1 Å². The highest BCUT2D eigenvalue weighted by Crippen LogP contribution is 2.25. The van der Waals surface area contributed by atoms with E-state index >= 15 is 0 Å². The van der Waals surface area contributed by atoms with Crippen molar-refractivity contribution in [3.63, 3.8) is 0 Å². The Morgan fingerprint density at radius 2 is 1.94 bits per heavy atom. The standard InChI is InChI=1S/C13H26N2O/c1-12(15-6-4-3-5-7-15)8-14-9-13(2)10-16-11-13/h12,14H,3-11H2,1-2H3. The minimum atomic E-state index is 0.404. The first-order chi connectivity index (χ1) is 7.70. The van der Waals surface area contributed by atoms with Crippen LogP contribution in [0.1, 0.15) is 33.1 Å². The molecular formula is C13H26N2O. The van der Waals surface area contributed by atoms with E-state index in [4.69, 9.17) is 4.74 Å². The number of hydrogen-bond acceptors (Lipinski definition) is 3. The van der Waals surface area contributed by atoms with Crippen molar-refractivity contribution in [3.05, 3.63) is 0 Å². The lowest BCUT2D eigenvalue weighted by molar-refractivity contribution is -0.0993. The summed E-state index contributed by atoms with van der Waals surface area (Å²) in [6.07, 6.45) is 4.19. The molecule has 2 aliphatic heterocycles. The van der Waals surface area contributed by atoms with E-state index in [0.717, 1.165) is 26.3 Å². The lowest BCUT2D eigenvalue weighted by atomic mass is 9.89. The molecule has 0 aromatic heterocycles. The Bertz CT molecular complexity index is 210. The largest absolute Gasteiger partial charge is 0.380 e. The average Bonchev–Trinajstić information content (AvgIpc) is 2.28. The fraction of sp³-hybridized carbons (Fsp3) is 1.00. The molecule has 1 unspecified atom stereocenters. The van der Waals surface area contributed by atoms with Gasteiger partial charge in [0.2, 0.25) is 0 Å². The summed E-state index contributed by atoms with van der Waals surface area (Å²) in [6.45, 7) is 11.3. The van der Waals surface area contributed by atoms with Gasteiger partial charge in [0.05, 0.1) is 13.2 Å². The Labute approximate surface area is 99.5 Å². The molecule has 16 heavy (non-hydrogen) atoms. The SMILES string of the molecule is CC(CNCC1(C)COC1)N1CCCCC1. The van der Waals surface area contributed by atoms with Gasteiger partial charge in [0, 0.05) is 24.5 Å². The van der Waals surface area contributed by atoms with Crippen LogP contribution < -0.4 is 5.32 Å². The summed E-state index contributed by atoms with van der Waals surface area (Å²) in [7, 11) is 0. The first-order valence-corrected chi connectivity index (χ1v) is 6.72. The molecule has 0 spiro atoms. The number of hydrogen-bond donors (Lipinski definition) is 1. The fourth-order valence-electron chi connectivity index (χ4n) is 2.62. The van der Waals surface area contributed by atoms with Crippen LogP contribution >= 0.6 is 0 Å². The second kappa shape index (κ2) is 5.48. The van der Waals surface area contributed by atoms with E-state index in [1.807, 2.05) is 0 Å². The van der Waals surface area contributed by atoms with Crippen LogP contribution in [0.25, 0.3) is 0 Å². The number of nitrogens with zero attached hydrogens (tertiary/aromatic N) is 1. The third-order valence-electron chi connectivity index (χ3n) is 3.91. The average molecular weight is 226 g/mol. The molecule has 1 atom stereocenters. The molecule has 0 bridgehead atoms. The minimum absolute atomic E-state index is 0.404. The van der Waals surface area contributed by atoms with Crippen LogP contribution in [-0.4, -0.2) is 50.3 Å². The van der Waals surface area contributed by atoms with Gasteiger partial charge >= 0.3 is 0 Å². The summed E-state index contributed by atoms with van der Waals surface area (Å²) in [5.74, 6) is 0. The molecule has 94 valence electrons. The molecule has 0 aliphatic carbocycles. The molecule has 0 aromatic carbocycles. The topological polar surface area (TPSA) is 24.5 Å². The predicted octanol–water partition coefficient (Wildman–Crippen LogP) is 1.49. The second-order valence-corrected chi connectivity index (χ2v) is 5.88. The molecule has 2 rings (SSSR count). The van der Waals surface area contributed by atoms with Gasteiger partial charge in [-0.05, 0) is 32.9 Å². The van der Waals surface area contributed by atoms with Crippen LogP contribution in [0.15, 0.2) is 0 Å². The first kappa shape index (κ1) is 12.3. The van der Waals surface area contributed by atoms with Gasteiger partial charge in [0.15, 0.2) is 0 Å². The maximum atomic E-state index is 5.26. The normalized spacial score (nSPS) is 27.4. The van der Waals surface area contributed by atoms with Crippen molar-refractivity contribution in [2.45, 2.75) is 39.2 Å². The van der Waals surface area contributed by atoms with E-state index in [0.29, 0.717) is 11.5 Å². The van der Waals surface area contributed by atoms with Crippen LogP contribution in [0, 0.1) is 5.41 Å². The molecule has 0 aromatic rings. The van der Waals surface area contributed by atoms with Gasteiger partial charge in [0.1, 0.15) is 0 Å². The van der Waals surface area contributed by atoms with Crippen molar-refractivity contribution >= 4 is 0 Å². The van der Waals surface area contributed by atoms with Gasteiger partial charge in [-0.2, -0.15) is 0 Å². The van der Waals surface area contributed by atoms with Gasteiger partial charge in [-0.1, -0.05) is 13.3 Å². The molecule has 2 heterocycles. The smallest absolute Gasteiger partial charge is 0.0554 e. The summed E-state index contributed by atoms with van der Waals surface area (Å²) >= 11 is 0. The van der Waals surface area contributed by atoms with Gasteiger partial charge in [-0.15, -0.1) is 0 Å². The molecule has 2 aliphatic rings. The van der Waals surface area contributed by atoms with E-state index in [9.17, 15) is 0 Å². The Morgan fingerprint density at radius 3 is 2.50 bits per heavy atom. The second-order valence-electron chi connectivity index (χ2n) is 5.88. The zero-order valence-corrected chi connectivity index (χ0v) is 10.8. The summed E-state index contributed by atoms with van der Waals surface area (Å²) in [4.78, 5) is 2.62. The monoisotopic (exact) mass is 226 g/mol. The van der Waals surface area contributed by atoms with E-state index in [2.05, 4.69) is 24.1 Å². The van der Waals surface area contributed by atoms with E-state index in [-0.39, 0.29) is 0 Å². The van der Waals surface area contributed by atoms with E-state index < -0.39 is 0 Å². The maximum Gasteiger partial charge on any atom is 0.0554 e. The van der Waals surface area contributed by atoms with Crippen molar-refractivity contribution in [1.29, 1.82) is 0 Å². The Kier molecular flexibility index (Phi) is 4.22. The van der Waals surface area contributed by atoms with Crippen LogP contribution in [0.5, 0.6) is 0 Å². The number of ether oxygens (including phenoxy) is 1. The molecule has 2 saturated heterocycles. The molecule has 1 N–H and O–H groups in total. The minimum Gasteiger partial charge on any atom is -0.380 e. The maximum absolute atomic E-state index is 5.26. The molecule has 0 radical (unpaired) electrons. The third kappa shape index (κ3) is 3.19. The lowest BCUT2D eigenvalue weighted by Gasteiger charge is -2.39. The molecule has 2 fully saturated rings. The summed E-state index contributed by atoms with van der Waals surface area (Å²) < 4.78 is 5.26. The predicted molar refractivity (Wildman–Crippen MR) is 66.7 cm³/mol. The number of rotatable bonds is 5. The first-order valence-electron chi connectivity index (χ1n) is 6.72. The molecular weight excluding hydrogens is 200 g/mol. The van der Waals surface area contributed by atoms with Crippen molar-refractivity contribution in [2.24, 2.45) is 5.41 Å². The molecule has 3 nitrogen and oxygen atoms in total. The Morgan fingerprint density at radius 1 is 1.25 bits per heavy atom. The van der Waals surface area contributed by atoms with Crippen molar-refractivity contribution in [1.82, 2.24) is 10.2 Å². The van der Waals surface area contributed by atoms with Gasteiger partial charge in [-0.25, -0.2) is 0 Å². The highest BCUT2D eigenvalue weighted by molar-refractivity contribution is 4.84. The Balaban J connectivity index is 1.61. The van der Waals surface area contributed by atoms with E-state index in [1.165, 1.54) is 32.4 Å². The third-order valence-corrected chi connectivity index (χ3v) is 3.91. The molecule has 0 amide bonds. The van der Waals surface area contributed by atoms with Crippen molar-refractivity contribution in [2.75, 3.05) is 39.4 Å². The zero-order chi connectivity index (χ0) is 11.4. The molecule has 3 heteroatoms. The van der Waals surface area contributed by atoms with Gasteiger partial charge in [0.25, 0.3) is 0 Å². The summed E-state index contributed by atoms with van der Waals surface area (Å²) in [5, 5.41) is 3.60. The fourth-order valence-corrected chi connectivity index (χ4v) is 2.62. The zero-order valence-electron chi connectivity index (χ0n) is 10.8. The van der Waals surface area contributed by atoms with Crippen molar-refractivity contribution in [3.8, 4) is 0 Å². The summed E-state index contributed by atoms with van der Waals surface area (Å²) in [6, 6.07) is 0.685. The highest BCUT2D eigenvalue weighted by Gasteiger charge is 2.32. The number of likely N-dealkylation sites (tertiary alicyclic amines) is 1. The van der Waals surface area contributed by atoms with Crippen LogP contribution in [-0.2, 0) is 4.74 Å². The van der Waals surface area contributed by atoms with Crippen LogP contribution in [0.2, 0.25) is 0 Å². The van der Waals surface area contributed by atoms with Crippen LogP contribution in [0.3, 0.4) is 0 Å². The van der Waals surface area contributed by atoms with E-state index in [1.54, 1.807) is 0 Å². The molecule has 0 saturated carbocycles. The quantitative estimate of drug-likeness (QED) is 0.768. The lowest BCUT2D eigenvalue weighted by Crippen LogP contribution is -2.50. The number of nitrogens with one attached hydrogen (secondary N) is 1.